The highest BCUT2D eigenvalue weighted by molar-refractivity contribution is 14.1. The Morgan fingerprint density at radius 1 is 1.33 bits per heavy atom. The van der Waals surface area contributed by atoms with Gasteiger partial charge in [-0.2, -0.15) is 0 Å². The molecule has 78 valence electrons. The molecule has 5 heteroatoms. The smallest absolute Gasteiger partial charge is 0.328 e. The molecule has 1 aromatic heterocycles. The Balaban J connectivity index is 2.29. The van der Waals surface area contributed by atoms with Crippen LogP contribution in [0.15, 0.2) is 35.3 Å². The Hall–Kier alpha value is -1.24. The minimum atomic E-state index is -0.300. The van der Waals surface area contributed by atoms with Gasteiger partial charge in [-0.3, -0.25) is 4.57 Å². The molecule has 1 heterocycles. The summed E-state index contributed by atoms with van der Waals surface area (Å²) < 4.78 is 2.42. The summed E-state index contributed by atoms with van der Waals surface area (Å²) in [6.45, 7) is 0.380. The summed E-state index contributed by atoms with van der Waals surface area (Å²) in [5.41, 5.74) is 0.679. The van der Waals surface area contributed by atoms with Crippen LogP contribution >= 0.6 is 22.6 Å². The van der Waals surface area contributed by atoms with Gasteiger partial charge >= 0.3 is 5.69 Å². The zero-order valence-electron chi connectivity index (χ0n) is 7.77. The predicted octanol–water partition coefficient (Wildman–Crippen LogP) is 1.53. The van der Waals surface area contributed by atoms with E-state index in [-0.39, 0.29) is 11.6 Å². The normalized spacial score (nSPS) is 10.5. The van der Waals surface area contributed by atoms with Gasteiger partial charge < -0.3 is 10.1 Å². The minimum Gasteiger partial charge on any atom is -0.493 e. The molecule has 2 N–H and O–H groups in total. The molecule has 0 spiro atoms. The van der Waals surface area contributed by atoms with E-state index in [2.05, 4.69) is 27.6 Å². The van der Waals surface area contributed by atoms with Crippen molar-refractivity contribution >= 4 is 22.6 Å². The van der Waals surface area contributed by atoms with Crippen LogP contribution in [0.25, 0.3) is 0 Å². The first kappa shape index (κ1) is 10.3. The van der Waals surface area contributed by atoms with Gasteiger partial charge in [0, 0.05) is 3.57 Å². The number of aromatic amines is 1. The van der Waals surface area contributed by atoms with Gasteiger partial charge in [0.25, 0.3) is 0 Å². The maximum Gasteiger partial charge on any atom is 0.328 e. The fourth-order valence-corrected chi connectivity index (χ4v) is 1.67. The van der Waals surface area contributed by atoms with Crippen molar-refractivity contribution in [3.8, 4) is 5.88 Å². The molecule has 4 nitrogen and oxygen atoms in total. The number of aromatic hydroxyl groups is 1. The van der Waals surface area contributed by atoms with Crippen molar-refractivity contribution in [1.29, 1.82) is 0 Å². The van der Waals surface area contributed by atoms with Crippen molar-refractivity contribution in [2.24, 2.45) is 0 Å². The zero-order valence-corrected chi connectivity index (χ0v) is 9.93. The maximum atomic E-state index is 11.3. The summed E-state index contributed by atoms with van der Waals surface area (Å²) in [5, 5.41) is 9.38. The summed E-state index contributed by atoms with van der Waals surface area (Å²) in [6.07, 6.45) is 1.29. The van der Waals surface area contributed by atoms with Crippen LogP contribution in [0.5, 0.6) is 5.88 Å². The molecule has 0 saturated heterocycles. The molecular formula is C10H9IN2O2. The monoisotopic (exact) mass is 316 g/mol. The SMILES string of the molecule is O=c1[nH]cc(O)n1Cc1ccc(I)cc1. The second-order valence-corrected chi connectivity index (χ2v) is 4.41. The first-order valence-corrected chi connectivity index (χ1v) is 5.46. The number of aromatic nitrogens is 2. The second-order valence-electron chi connectivity index (χ2n) is 3.16. The molecule has 0 unspecified atom stereocenters. The van der Waals surface area contributed by atoms with E-state index in [0.29, 0.717) is 6.54 Å². The molecule has 1 aromatic carbocycles. The highest BCUT2D eigenvalue weighted by atomic mass is 127. The number of benzene rings is 1. The van der Waals surface area contributed by atoms with Gasteiger partial charge in [0.15, 0.2) is 0 Å². The summed E-state index contributed by atoms with van der Waals surface area (Å²) in [5.74, 6) is -0.0430. The lowest BCUT2D eigenvalue weighted by atomic mass is 10.2. The van der Waals surface area contributed by atoms with Gasteiger partial charge in [0.05, 0.1) is 12.7 Å². The highest BCUT2D eigenvalue weighted by Crippen LogP contribution is 2.10. The molecule has 0 aliphatic rings. The Bertz CT molecular complexity index is 513. The Kier molecular flexibility index (Phi) is 2.81. The van der Waals surface area contributed by atoms with Crippen LogP contribution in [0, 0.1) is 3.57 Å². The van der Waals surface area contributed by atoms with Crippen molar-refractivity contribution in [3.05, 3.63) is 50.1 Å². The lowest BCUT2D eigenvalue weighted by Crippen LogP contribution is -2.17. The van der Waals surface area contributed by atoms with Gasteiger partial charge in [-0.05, 0) is 40.3 Å². The maximum absolute atomic E-state index is 11.3. The van der Waals surface area contributed by atoms with Gasteiger partial charge in [-0.25, -0.2) is 4.79 Å². The third-order valence-corrected chi connectivity index (χ3v) is 2.82. The summed E-state index contributed by atoms with van der Waals surface area (Å²) in [6, 6.07) is 7.79. The number of halogens is 1. The number of hydrogen-bond acceptors (Lipinski definition) is 2. The van der Waals surface area contributed by atoms with Crippen LogP contribution in [-0.2, 0) is 6.54 Å². The Morgan fingerprint density at radius 2 is 2.00 bits per heavy atom. The number of rotatable bonds is 2. The number of nitrogens with zero attached hydrogens (tertiary/aromatic N) is 1. The van der Waals surface area contributed by atoms with Crippen LogP contribution in [0.4, 0.5) is 0 Å². The van der Waals surface area contributed by atoms with E-state index in [1.165, 1.54) is 10.8 Å². The van der Waals surface area contributed by atoms with Gasteiger partial charge in [-0.15, -0.1) is 0 Å². The van der Waals surface area contributed by atoms with E-state index >= 15 is 0 Å². The molecule has 0 atom stereocenters. The third-order valence-electron chi connectivity index (χ3n) is 2.10. The highest BCUT2D eigenvalue weighted by Gasteiger charge is 2.04. The van der Waals surface area contributed by atoms with E-state index < -0.39 is 0 Å². The van der Waals surface area contributed by atoms with Crippen LogP contribution in [0.3, 0.4) is 0 Å². The molecule has 0 saturated carbocycles. The molecule has 2 rings (SSSR count). The van der Waals surface area contributed by atoms with Gasteiger partial charge in [-0.1, -0.05) is 12.1 Å². The fourth-order valence-electron chi connectivity index (χ4n) is 1.31. The largest absolute Gasteiger partial charge is 0.493 e. The van der Waals surface area contributed by atoms with E-state index in [0.717, 1.165) is 9.13 Å². The number of hydrogen-bond donors (Lipinski definition) is 2. The molecule has 0 bridgehead atoms. The summed E-state index contributed by atoms with van der Waals surface area (Å²) in [4.78, 5) is 13.7. The first-order chi connectivity index (χ1) is 7.16. The lowest BCUT2D eigenvalue weighted by molar-refractivity contribution is 0.421. The van der Waals surface area contributed by atoms with Crippen LogP contribution in [0.1, 0.15) is 5.56 Å². The minimum absolute atomic E-state index is 0.0430. The van der Waals surface area contributed by atoms with Crippen LogP contribution < -0.4 is 5.69 Å². The summed E-state index contributed by atoms with van der Waals surface area (Å²) in [7, 11) is 0. The Labute approximate surface area is 99.7 Å². The van der Waals surface area contributed by atoms with E-state index in [9.17, 15) is 9.90 Å². The van der Waals surface area contributed by atoms with Crippen LogP contribution in [-0.4, -0.2) is 14.7 Å². The first-order valence-electron chi connectivity index (χ1n) is 4.38. The molecule has 0 amide bonds. The van der Waals surface area contributed by atoms with E-state index in [1.807, 2.05) is 24.3 Å². The molecular weight excluding hydrogens is 307 g/mol. The van der Waals surface area contributed by atoms with Gasteiger partial charge in [0.2, 0.25) is 5.88 Å². The fraction of sp³-hybridized carbons (Fsp3) is 0.100. The second kappa shape index (κ2) is 4.09. The zero-order chi connectivity index (χ0) is 10.8. The van der Waals surface area contributed by atoms with Crippen molar-refractivity contribution < 1.29 is 5.11 Å². The molecule has 2 aromatic rings. The van der Waals surface area contributed by atoms with Crippen molar-refractivity contribution in [2.45, 2.75) is 6.54 Å². The van der Waals surface area contributed by atoms with Crippen molar-refractivity contribution in [3.63, 3.8) is 0 Å². The Morgan fingerprint density at radius 3 is 2.53 bits per heavy atom. The average Bonchev–Trinajstić information content (AvgIpc) is 2.53. The standard InChI is InChI=1S/C10H9IN2O2/c11-8-3-1-7(2-4-8)6-13-9(14)5-12-10(13)15/h1-5,14H,6H2,(H,12,15). The molecule has 0 radical (unpaired) electrons. The van der Waals surface area contributed by atoms with E-state index in [1.54, 1.807) is 0 Å². The number of imidazole rings is 1. The summed E-state index contributed by atoms with van der Waals surface area (Å²) >= 11 is 2.22. The van der Waals surface area contributed by atoms with Crippen molar-refractivity contribution in [1.82, 2.24) is 9.55 Å². The average molecular weight is 316 g/mol. The molecule has 0 aliphatic carbocycles. The predicted molar refractivity (Wildman–Crippen MR) is 65.0 cm³/mol. The molecule has 0 aliphatic heterocycles. The number of nitrogens with one attached hydrogen (secondary N) is 1. The molecule has 0 fully saturated rings. The third kappa shape index (κ3) is 2.23. The van der Waals surface area contributed by atoms with E-state index in [4.69, 9.17) is 0 Å². The van der Waals surface area contributed by atoms with Gasteiger partial charge in [0.1, 0.15) is 0 Å². The topological polar surface area (TPSA) is 58.0 Å². The van der Waals surface area contributed by atoms with Crippen LogP contribution in [0.2, 0.25) is 0 Å². The number of H-pyrrole nitrogens is 1. The quantitative estimate of drug-likeness (QED) is 0.826. The van der Waals surface area contributed by atoms with Crippen molar-refractivity contribution in [2.75, 3.05) is 0 Å². The molecule has 15 heavy (non-hydrogen) atoms. The lowest BCUT2D eigenvalue weighted by Gasteiger charge is -2.02.